The van der Waals surface area contributed by atoms with Crippen molar-refractivity contribution < 1.29 is 14.3 Å². The minimum Gasteiger partial charge on any atom is -0.469 e. The molecule has 0 amide bonds. The Kier molecular flexibility index (Phi) is 2.17. The van der Waals surface area contributed by atoms with E-state index >= 15 is 0 Å². The van der Waals surface area contributed by atoms with Gasteiger partial charge >= 0.3 is 5.97 Å². The summed E-state index contributed by atoms with van der Waals surface area (Å²) in [5.41, 5.74) is 0. The lowest BCUT2D eigenvalue weighted by atomic mass is 9.88. The zero-order valence-corrected chi connectivity index (χ0v) is 8.40. The SMILES string of the molecule is COC(=O)[C@H]1C=C[C@H]2[C@@H]1CC(=O)[C@H]2C. The number of carbonyl (C=O) groups excluding carboxylic acids is 2. The fourth-order valence-electron chi connectivity index (χ4n) is 2.60. The Hall–Kier alpha value is -1.12. The molecule has 3 heteroatoms. The first kappa shape index (κ1) is 9.44. The molecule has 0 unspecified atom stereocenters. The molecule has 0 radical (unpaired) electrons. The van der Waals surface area contributed by atoms with Crippen LogP contribution in [0.1, 0.15) is 13.3 Å². The number of esters is 1. The fourth-order valence-corrected chi connectivity index (χ4v) is 2.60. The van der Waals surface area contributed by atoms with Crippen molar-refractivity contribution >= 4 is 11.8 Å². The Morgan fingerprint density at radius 3 is 2.86 bits per heavy atom. The van der Waals surface area contributed by atoms with Gasteiger partial charge < -0.3 is 4.74 Å². The molecule has 0 N–H and O–H groups in total. The molecule has 2 aliphatic rings. The average molecular weight is 194 g/mol. The van der Waals surface area contributed by atoms with Crippen molar-refractivity contribution in [3.63, 3.8) is 0 Å². The summed E-state index contributed by atoms with van der Waals surface area (Å²) in [6.45, 7) is 1.94. The first-order valence-electron chi connectivity index (χ1n) is 4.94. The molecule has 1 fully saturated rings. The predicted molar refractivity (Wildman–Crippen MR) is 50.4 cm³/mol. The van der Waals surface area contributed by atoms with Crippen molar-refractivity contribution in [2.45, 2.75) is 13.3 Å². The zero-order chi connectivity index (χ0) is 10.3. The maximum atomic E-state index is 11.5. The highest BCUT2D eigenvalue weighted by Crippen LogP contribution is 2.44. The van der Waals surface area contributed by atoms with Gasteiger partial charge in [0.2, 0.25) is 0 Å². The largest absolute Gasteiger partial charge is 0.469 e. The number of ether oxygens (including phenoxy) is 1. The van der Waals surface area contributed by atoms with Gasteiger partial charge in [0.05, 0.1) is 13.0 Å². The number of Topliss-reactive ketones (excluding diaryl/α,β-unsaturated/α-hetero) is 1. The number of fused-ring (bicyclic) bond motifs is 1. The number of methoxy groups -OCH3 is 1. The fraction of sp³-hybridized carbons (Fsp3) is 0.636. The van der Waals surface area contributed by atoms with Crippen LogP contribution in [-0.2, 0) is 14.3 Å². The van der Waals surface area contributed by atoms with E-state index in [4.69, 9.17) is 4.74 Å². The molecule has 0 aliphatic heterocycles. The van der Waals surface area contributed by atoms with Gasteiger partial charge in [-0.3, -0.25) is 9.59 Å². The van der Waals surface area contributed by atoms with Crippen LogP contribution in [0, 0.1) is 23.7 Å². The highest BCUT2D eigenvalue weighted by atomic mass is 16.5. The highest BCUT2D eigenvalue weighted by Gasteiger charge is 2.47. The van der Waals surface area contributed by atoms with Gasteiger partial charge in [0.25, 0.3) is 0 Å². The summed E-state index contributed by atoms with van der Waals surface area (Å²) in [6.07, 6.45) is 4.42. The highest BCUT2D eigenvalue weighted by molar-refractivity contribution is 5.86. The predicted octanol–water partition coefficient (Wildman–Crippen LogP) is 1.19. The summed E-state index contributed by atoms with van der Waals surface area (Å²) < 4.78 is 4.71. The van der Waals surface area contributed by atoms with Crippen LogP contribution in [0.2, 0.25) is 0 Å². The number of hydrogen-bond donors (Lipinski definition) is 0. The summed E-state index contributed by atoms with van der Waals surface area (Å²) in [7, 11) is 1.39. The Balaban J connectivity index is 2.18. The molecule has 0 heterocycles. The minimum absolute atomic E-state index is 0.0749. The van der Waals surface area contributed by atoms with Gasteiger partial charge in [-0.05, 0) is 11.8 Å². The van der Waals surface area contributed by atoms with E-state index in [1.54, 1.807) is 0 Å². The molecule has 4 atom stereocenters. The third kappa shape index (κ3) is 1.19. The first-order valence-corrected chi connectivity index (χ1v) is 4.94. The lowest BCUT2D eigenvalue weighted by Crippen LogP contribution is -2.21. The van der Waals surface area contributed by atoms with Crippen LogP contribution in [0.25, 0.3) is 0 Å². The van der Waals surface area contributed by atoms with Gasteiger partial charge in [-0.15, -0.1) is 0 Å². The van der Waals surface area contributed by atoms with E-state index in [9.17, 15) is 9.59 Å². The molecular formula is C11H14O3. The second-order valence-electron chi connectivity index (χ2n) is 4.13. The normalized spacial score (nSPS) is 40.0. The van der Waals surface area contributed by atoms with E-state index in [0.29, 0.717) is 6.42 Å². The van der Waals surface area contributed by atoms with E-state index in [0.717, 1.165) is 0 Å². The number of rotatable bonds is 1. The topological polar surface area (TPSA) is 43.4 Å². The molecule has 0 aromatic heterocycles. The molecule has 0 aromatic rings. The second kappa shape index (κ2) is 3.23. The van der Waals surface area contributed by atoms with Crippen LogP contribution < -0.4 is 0 Å². The summed E-state index contributed by atoms with van der Waals surface area (Å²) in [5, 5.41) is 0. The van der Waals surface area contributed by atoms with Crippen LogP contribution in [0.4, 0.5) is 0 Å². The average Bonchev–Trinajstić information content (AvgIpc) is 2.69. The quantitative estimate of drug-likeness (QED) is 0.465. The van der Waals surface area contributed by atoms with Crippen molar-refractivity contribution in [2.24, 2.45) is 23.7 Å². The van der Waals surface area contributed by atoms with E-state index in [-0.39, 0.29) is 35.4 Å². The van der Waals surface area contributed by atoms with Crippen LogP contribution >= 0.6 is 0 Å². The standard InChI is InChI=1S/C11H14O3/c1-6-7-3-4-8(11(13)14-2)9(7)5-10(6)12/h3-4,6-9H,5H2,1-2H3/t6-,7+,8-,9-/m0/s1. The van der Waals surface area contributed by atoms with Crippen molar-refractivity contribution in [3.05, 3.63) is 12.2 Å². The lowest BCUT2D eigenvalue weighted by Gasteiger charge is -2.16. The van der Waals surface area contributed by atoms with E-state index in [2.05, 4.69) is 0 Å². The van der Waals surface area contributed by atoms with E-state index in [1.807, 2.05) is 19.1 Å². The molecule has 14 heavy (non-hydrogen) atoms. The maximum absolute atomic E-state index is 11.5. The Morgan fingerprint density at radius 2 is 2.21 bits per heavy atom. The zero-order valence-electron chi connectivity index (χ0n) is 8.40. The summed E-state index contributed by atoms with van der Waals surface area (Å²) >= 11 is 0. The van der Waals surface area contributed by atoms with E-state index in [1.165, 1.54) is 7.11 Å². The Bertz CT molecular complexity index is 306. The number of ketones is 1. The number of hydrogen-bond acceptors (Lipinski definition) is 3. The molecule has 0 aromatic carbocycles. The third-order valence-electron chi connectivity index (χ3n) is 3.49. The van der Waals surface area contributed by atoms with Crippen LogP contribution in [-0.4, -0.2) is 18.9 Å². The molecule has 0 spiro atoms. The molecule has 2 aliphatic carbocycles. The monoisotopic (exact) mass is 194 g/mol. The second-order valence-corrected chi connectivity index (χ2v) is 4.13. The van der Waals surface area contributed by atoms with Gasteiger partial charge in [0, 0.05) is 12.3 Å². The van der Waals surface area contributed by atoms with Crippen LogP contribution in [0.3, 0.4) is 0 Å². The number of carbonyl (C=O) groups is 2. The molecule has 0 bridgehead atoms. The molecule has 0 saturated heterocycles. The maximum Gasteiger partial charge on any atom is 0.312 e. The van der Waals surface area contributed by atoms with Crippen molar-refractivity contribution in [2.75, 3.05) is 7.11 Å². The lowest BCUT2D eigenvalue weighted by molar-refractivity contribution is -0.145. The van der Waals surface area contributed by atoms with Crippen molar-refractivity contribution in [1.29, 1.82) is 0 Å². The van der Waals surface area contributed by atoms with Crippen LogP contribution in [0.15, 0.2) is 12.2 Å². The summed E-state index contributed by atoms with van der Waals surface area (Å²) in [5.74, 6) is 0.357. The van der Waals surface area contributed by atoms with Gasteiger partial charge in [-0.1, -0.05) is 19.1 Å². The smallest absolute Gasteiger partial charge is 0.312 e. The van der Waals surface area contributed by atoms with Gasteiger partial charge in [0.1, 0.15) is 5.78 Å². The van der Waals surface area contributed by atoms with E-state index < -0.39 is 0 Å². The first-order chi connectivity index (χ1) is 6.65. The number of allylic oxidation sites excluding steroid dienone is 1. The molecule has 1 saturated carbocycles. The Morgan fingerprint density at radius 1 is 1.50 bits per heavy atom. The molecular weight excluding hydrogens is 180 g/mol. The molecule has 3 nitrogen and oxygen atoms in total. The summed E-state index contributed by atoms with van der Waals surface area (Å²) in [6, 6.07) is 0. The molecule has 2 rings (SSSR count). The van der Waals surface area contributed by atoms with Crippen molar-refractivity contribution in [1.82, 2.24) is 0 Å². The van der Waals surface area contributed by atoms with Gasteiger partial charge in [-0.25, -0.2) is 0 Å². The van der Waals surface area contributed by atoms with Gasteiger partial charge in [-0.2, -0.15) is 0 Å². The third-order valence-corrected chi connectivity index (χ3v) is 3.49. The molecule has 76 valence electrons. The van der Waals surface area contributed by atoms with Crippen molar-refractivity contribution in [3.8, 4) is 0 Å². The van der Waals surface area contributed by atoms with Crippen LogP contribution in [0.5, 0.6) is 0 Å². The Labute approximate surface area is 83.1 Å². The van der Waals surface area contributed by atoms with Gasteiger partial charge in [0.15, 0.2) is 0 Å². The summed E-state index contributed by atoms with van der Waals surface area (Å²) in [4.78, 5) is 22.8. The minimum atomic E-state index is -0.212.